The predicted molar refractivity (Wildman–Crippen MR) is 81.9 cm³/mol. The van der Waals surface area contributed by atoms with Crippen LogP contribution in [0, 0.1) is 0 Å². The summed E-state index contributed by atoms with van der Waals surface area (Å²) in [6.07, 6.45) is 0.974. The van der Waals surface area contributed by atoms with E-state index in [1.807, 2.05) is 0 Å². The van der Waals surface area contributed by atoms with Crippen molar-refractivity contribution in [3.63, 3.8) is 0 Å². The number of hydrogen-bond donors (Lipinski definition) is 1. The van der Waals surface area contributed by atoms with Crippen molar-refractivity contribution in [1.29, 1.82) is 0 Å². The van der Waals surface area contributed by atoms with Crippen LogP contribution < -0.4 is 5.43 Å². The molecule has 1 aliphatic rings. The molecule has 98 valence electrons. The molecule has 1 unspecified atom stereocenters. The van der Waals surface area contributed by atoms with E-state index in [-0.39, 0.29) is 0 Å². The van der Waals surface area contributed by atoms with Gasteiger partial charge in [0.1, 0.15) is 0 Å². The third kappa shape index (κ3) is 2.56. The average Bonchev–Trinajstić information content (AvgIpc) is 3.10. The Morgan fingerprint density at radius 1 is 1.21 bits per heavy atom. The van der Waals surface area contributed by atoms with Crippen LogP contribution in [-0.2, 0) is 0 Å². The molecule has 1 aromatic carbocycles. The van der Waals surface area contributed by atoms with Gasteiger partial charge in [-0.25, -0.2) is 0 Å². The topological polar surface area (TPSA) is 24.4 Å². The third-order valence-electron chi connectivity index (χ3n) is 3.55. The summed E-state index contributed by atoms with van der Waals surface area (Å²) in [4.78, 5) is 1.36. The molecule has 0 saturated heterocycles. The van der Waals surface area contributed by atoms with Gasteiger partial charge in [0.05, 0.1) is 11.8 Å². The largest absolute Gasteiger partial charge is 0.301 e. The van der Waals surface area contributed by atoms with Gasteiger partial charge >= 0.3 is 0 Å². The van der Waals surface area contributed by atoms with Gasteiger partial charge in [0.25, 0.3) is 0 Å². The number of benzene rings is 1. The molecule has 3 heteroatoms. The third-order valence-corrected chi connectivity index (χ3v) is 4.54. The van der Waals surface area contributed by atoms with Crippen molar-refractivity contribution in [1.82, 2.24) is 5.43 Å². The number of rotatable bonds is 3. The van der Waals surface area contributed by atoms with E-state index in [2.05, 4.69) is 66.2 Å². The Kier molecular flexibility index (Phi) is 3.38. The summed E-state index contributed by atoms with van der Waals surface area (Å²) < 4.78 is 0. The van der Waals surface area contributed by atoms with Crippen LogP contribution in [0.25, 0.3) is 0 Å². The van der Waals surface area contributed by atoms with E-state index < -0.39 is 0 Å². The van der Waals surface area contributed by atoms with E-state index >= 15 is 0 Å². The first-order valence-electron chi connectivity index (χ1n) is 6.70. The zero-order valence-electron chi connectivity index (χ0n) is 11.3. The molecule has 2 aromatic rings. The Balaban J connectivity index is 1.74. The van der Waals surface area contributed by atoms with Crippen LogP contribution in [0.2, 0.25) is 0 Å². The molecule has 0 saturated carbocycles. The number of nitrogens with zero attached hydrogens (tertiary/aromatic N) is 1. The zero-order chi connectivity index (χ0) is 13.2. The van der Waals surface area contributed by atoms with Crippen LogP contribution in [0.1, 0.15) is 48.2 Å². The van der Waals surface area contributed by atoms with Crippen LogP contribution in [0.4, 0.5) is 0 Å². The molecule has 0 spiro atoms. The van der Waals surface area contributed by atoms with Gasteiger partial charge in [-0.15, -0.1) is 11.3 Å². The van der Waals surface area contributed by atoms with Crippen molar-refractivity contribution in [2.75, 3.05) is 0 Å². The van der Waals surface area contributed by atoms with Crippen molar-refractivity contribution >= 4 is 17.0 Å². The Morgan fingerprint density at radius 3 is 2.63 bits per heavy atom. The van der Waals surface area contributed by atoms with Gasteiger partial charge in [-0.1, -0.05) is 44.2 Å². The maximum atomic E-state index is 4.49. The fourth-order valence-corrected chi connectivity index (χ4v) is 3.11. The van der Waals surface area contributed by atoms with Gasteiger partial charge < -0.3 is 5.43 Å². The highest BCUT2D eigenvalue weighted by atomic mass is 32.1. The molecule has 0 radical (unpaired) electrons. The first kappa shape index (κ1) is 12.4. The van der Waals surface area contributed by atoms with Crippen molar-refractivity contribution in [2.24, 2.45) is 5.10 Å². The van der Waals surface area contributed by atoms with Crippen LogP contribution in [0.3, 0.4) is 0 Å². The molecule has 1 N–H and O–H groups in total. The first-order chi connectivity index (χ1) is 9.24. The van der Waals surface area contributed by atoms with Crippen molar-refractivity contribution in [2.45, 2.75) is 32.2 Å². The molecule has 19 heavy (non-hydrogen) atoms. The second-order valence-electron chi connectivity index (χ2n) is 5.24. The quantitative estimate of drug-likeness (QED) is 0.883. The van der Waals surface area contributed by atoms with Gasteiger partial charge in [0, 0.05) is 11.3 Å². The summed E-state index contributed by atoms with van der Waals surface area (Å²) in [5.74, 6) is 0.580. The Bertz CT molecular complexity index is 567. The van der Waals surface area contributed by atoms with Gasteiger partial charge in [-0.2, -0.15) is 5.10 Å². The zero-order valence-corrected chi connectivity index (χ0v) is 12.1. The van der Waals surface area contributed by atoms with E-state index in [9.17, 15) is 0 Å². The Hall–Kier alpha value is -1.61. The van der Waals surface area contributed by atoms with E-state index in [0.717, 1.165) is 12.1 Å². The maximum absolute atomic E-state index is 4.49. The Morgan fingerprint density at radius 2 is 2.00 bits per heavy atom. The molecule has 0 fully saturated rings. The lowest BCUT2D eigenvalue weighted by Crippen LogP contribution is -2.07. The maximum Gasteiger partial charge on any atom is 0.0838 e. The lowest BCUT2D eigenvalue weighted by Gasteiger charge is -2.07. The predicted octanol–water partition coefficient (Wildman–Crippen LogP) is 4.31. The standard InChI is InChI=1S/C16H18N2S/c1-11(2)12-5-7-13(8-6-12)14-10-15(18-17-14)16-4-3-9-19-16/h3-9,11,15,18H,10H2,1-2H3. The lowest BCUT2D eigenvalue weighted by molar-refractivity contribution is 0.630. The second-order valence-corrected chi connectivity index (χ2v) is 6.22. The summed E-state index contributed by atoms with van der Waals surface area (Å²) in [6.45, 7) is 4.44. The highest BCUT2D eigenvalue weighted by molar-refractivity contribution is 7.10. The number of hydrazone groups is 1. The molecule has 2 heterocycles. The van der Waals surface area contributed by atoms with Gasteiger partial charge in [-0.3, -0.25) is 0 Å². The summed E-state index contributed by atoms with van der Waals surface area (Å²) in [7, 11) is 0. The summed E-state index contributed by atoms with van der Waals surface area (Å²) in [6, 6.07) is 13.4. The molecular weight excluding hydrogens is 252 g/mol. The molecule has 2 nitrogen and oxygen atoms in total. The fraction of sp³-hybridized carbons (Fsp3) is 0.312. The summed E-state index contributed by atoms with van der Waals surface area (Å²) >= 11 is 1.79. The monoisotopic (exact) mass is 270 g/mol. The highest BCUT2D eigenvalue weighted by Gasteiger charge is 2.21. The summed E-state index contributed by atoms with van der Waals surface area (Å²) in [5, 5.41) is 6.61. The van der Waals surface area contributed by atoms with Crippen LogP contribution >= 0.6 is 11.3 Å². The molecule has 3 rings (SSSR count). The van der Waals surface area contributed by atoms with E-state index in [1.165, 1.54) is 16.0 Å². The molecule has 0 bridgehead atoms. The van der Waals surface area contributed by atoms with Gasteiger partial charge in [0.2, 0.25) is 0 Å². The molecular formula is C16H18N2S. The minimum Gasteiger partial charge on any atom is -0.301 e. The highest BCUT2D eigenvalue weighted by Crippen LogP contribution is 2.28. The lowest BCUT2D eigenvalue weighted by atomic mass is 9.98. The number of thiophene rings is 1. The smallest absolute Gasteiger partial charge is 0.0838 e. The minimum absolute atomic E-state index is 0.347. The summed E-state index contributed by atoms with van der Waals surface area (Å²) in [5.41, 5.74) is 7.02. The number of hydrogen-bond acceptors (Lipinski definition) is 3. The normalized spacial score (nSPS) is 18.5. The van der Waals surface area contributed by atoms with Crippen LogP contribution in [-0.4, -0.2) is 5.71 Å². The van der Waals surface area contributed by atoms with Crippen LogP contribution in [0.5, 0.6) is 0 Å². The van der Waals surface area contributed by atoms with E-state index in [0.29, 0.717) is 12.0 Å². The molecule has 0 aliphatic carbocycles. The molecule has 1 atom stereocenters. The van der Waals surface area contributed by atoms with Crippen molar-refractivity contribution < 1.29 is 0 Å². The second kappa shape index (κ2) is 5.17. The SMILES string of the molecule is CC(C)c1ccc(C2=NNC(c3cccs3)C2)cc1. The molecule has 0 amide bonds. The number of nitrogens with one attached hydrogen (secondary N) is 1. The van der Waals surface area contributed by atoms with Crippen LogP contribution in [0.15, 0.2) is 46.9 Å². The van der Waals surface area contributed by atoms with Gasteiger partial charge in [-0.05, 0) is 28.5 Å². The average molecular weight is 270 g/mol. The first-order valence-corrected chi connectivity index (χ1v) is 7.58. The van der Waals surface area contributed by atoms with E-state index in [1.54, 1.807) is 11.3 Å². The molecule has 1 aromatic heterocycles. The fourth-order valence-electron chi connectivity index (χ4n) is 2.34. The van der Waals surface area contributed by atoms with Crippen molar-refractivity contribution in [3.05, 3.63) is 57.8 Å². The van der Waals surface area contributed by atoms with E-state index in [4.69, 9.17) is 0 Å². The van der Waals surface area contributed by atoms with Gasteiger partial charge in [0.15, 0.2) is 0 Å². The van der Waals surface area contributed by atoms with Crippen molar-refractivity contribution in [3.8, 4) is 0 Å². The Labute approximate surface area is 118 Å². The molecule has 1 aliphatic heterocycles. The minimum atomic E-state index is 0.347.